The SMILES string of the molecule is CCCCCC(O)CS[C@H]1C(O)CC(O)[C@@H]1CC=CCCCC(=O)O. The van der Waals surface area contributed by atoms with Crippen LogP contribution in [0.2, 0.25) is 0 Å². The Hall–Kier alpha value is -0.560. The minimum atomic E-state index is -0.781. The van der Waals surface area contributed by atoms with Crippen LogP contribution in [-0.2, 0) is 4.79 Å². The average molecular weight is 375 g/mol. The van der Waals surface area contributed by atoms with Crippen molar-refractivity contribution in [2.24, 2.45) is 5.92 Å². The molecule has 0 radical (unpaired) electrons. The molecule has 5 nitrogen and oxygen atoms in total. The van der Waals surface area contributed by atoms with E-state index in [-0.39, 0.29) is 23.7 Å². The molecule has 4 N–H and O–H groups in total. The summed E-state index contributed by atoms with van der Waals surface area (Å²) in [5.41, 5.74) is 0. The second-order valence-corrected chi connectivity index (χ2v) is 8.19. The van der Waals surface area contributed by atoms with Gasteiger partial charge in [0.1, 0.15) is 0 Å². The summed E-state index contributed by atoms with van der Waals surface area (Å²) in [7, 11) is 0. The maximum Gasteiger partial charge on any atom is 0.303 e. The van der Waals surface area contributed by atoms with Crippen molar-refractivity contribution >= 4 is 17.7 Å². The summed E-state index contributed by atoms with van der Waals surface area (Å²) in [4.78, 5) is 10.5. The van der Waals surface area contributed by atoms with E-state index < -0.39 is 18.2 Å². The van der Waals surface area contributed by atoms with Crippen molar-refractivity contribution < 1.29 is 25.2 Å². The highest BCUT2D eigenvalue weighted by atomic mass is 32.2. The maximum atomic E-state index is 10.5. The van der Waals surface area contributed by atoms with Crippen molar-refractivity contribution in [2.45, 2.75) is 88.3 Å². The van der Waals surface area contributed by atoms with Crippen molar-refractivity contribution in [3.63, 3.8) is 0 Å². The summed E-state index contributed by atoms with van der Waals surface area (Å²) in [5.74, 6) is -0.202. The van der Waals surface area contributed by atoms with Crippen molar-refractivity contribution in [3.8, 4) is 0 Å². The van der Waals surface area contributed by atoms with Crippen LogP contribution in [0.25, 0.3) is 0 Å². The Bertz CT molecular complexity index is 401. The summed E-state index contributed by atoms with van der Waals surface area (Å²) < 4.78 is 0. The molecule has 3 unspecified atom stereocenters. The van der Waals surface area contributed by atoms with Gasteiger partial charge in [-0.15, -0.1) is 0 Å². The fraction of sp³-hybridized carbons (Fsp3) is 0.842. The minimum Gasteiger partial charge on any atom is -0.481 e. The Kier molecular flexibility index (Phi) is 11.5. The van der Waals surface area contributed by atoms with Gasteiger partial charge in [0.2, 0.25) is 0 Å². The number of carboxylic acids is 1. The number of allylic oxidation sites excluding steroid dienone is 2. The van der Waals surface area contributed by atoms with Crippen LogP contribution in [0.3, 0.4) is 0 Å². The lowest BCUT2D eigenvalue weighted by atomic mass is 10.0. The van der Waals surface area contributed by atoms with Gasteiger partial charge in [-0.3, -0.25) is 4.79 Å². The van der Waals surface area contributed by atoms with Crippen LogP contribution in [0.4, 0.5) is 0 Å². The number of unbranched alkanes of at least 4 members (excludes halogenated alkanes) is 3. The molecule has 0 aromatic heterocycles. The van der Waals surface area contributed by atoms with Crippen molar-refractivity contribution in [2.75, 3.05) is 5.75 Å². The second kappa shape index (κ2) is 12.7. The molecule has 5 atom stereocenters. The lowest BCUT2D eigenvalue weighted by molar-refractivity contribution is -0.137. The predicted molar refractivity (Wildman–Crippen MR) is 102 cm³/mol. The summed E-state index contributed by atoms with van der Waals surface area (Å²) in [6.07, 6.45) is 9.18. The standard InChI is InChI=1S/C19H34O5S/c1-2-3-6-9-14(20)13-25-19-15(16(21)12-17(19)22)10-7-4-5-8-11-18(23)24/h4,7,14-17,19-22H,2-3,5-6,8-13H2,1H3,(H,23,24)/t14?,15-,16?,17?,19+/m0/s1. The van der Waals surface area contributed by atoms with Gasteiger partial charge in [0.15, 0.2) is 0 Å². The molecule has 0 saturated heterocycles. The number of thioether (sulfide) groups is 1. The van der Waals surface area contributed by atoms with Gasteiger partial charge < -0.3 is 20.4 Å². The summed E-state index contributed by atoms with van der Waals surface area (Å²) in [6.45, 7) is 2.14. The van der Waals surface area contributed by atoms with Gasteiger partial charge in [-0.2, -0.15) is 11.8 Å². The highest BCUT2D eigenvalue weighted by Gasteiger charge is 2.41. The zero-order chi connectivity index (χ0) is 18.7. The monoisotopic (exact) mass is 374 g/mol. The van der Waals surface area contributed by atoms with Crippen LogP contribution in [0.1, 0.15) is 64.7 Å². The highest BCUT2D eigenvalue weighted by Crippen LogP contribution is 2.38. The number of aliphatic carboxylic acids is 1. The summed E-state index contributed by atoms with van der Waals surface area (Å²) in [5, 5.41) is 39.0. The van der Waals surface area contributed by atoms with Crippen molar-refractivity contribution in [3.05, 3.63) is 12.2 Å². The first-order chi connectivity index (χ1) is 12.0. The van der Waals surface area contributed by atoms with E-state index in [2.05, 4.69) is 6.92 Å². The van der Waals surface area contributed by atoms with Crippen molar-refractivity contribution in [1.82, 2.24) is 0 Å². The zero-order valence-electron chi connectivity index (χ0n) is 15.2. The average Bonchev–Trinajstić information content (AvgIpc) is 2.82. The lowest BCUT2D eigenvalue weighted by Gasteiger charge is -2.23. The first-order valence-electron chi connectivity index (χ1n) is 9.48. The molecule has 1 aliphatic carbocycles. The molecule has 1 fully saturated rings. The number of carbonyl (C=O) groups is 1. The van der Waals surface area contributed by atoms with Gasteiger partial charge in [-0.25, -0.2) is 0 Å². The van der Waals surface area contributed by atoms with E-state index in [4.69, 9.17) is 5.11 Å². The molecule has 0 spiro atoms. The molecule has 0 aromatic carbocycles. The van der Waals surface area contributed by atoms with Crippen LogP contribution in [0.15, 0.2) is 12.2 Å². The third kappa shape index (κ3) is 9.08. The topological polar surface area (TPSA) is 98.0 Å². The van der Waals surface area contributed by atoms with Gasteiger partial charge in [0.25, 0.3) is 0 Å². The van der Waals surface area contributed by atoms with E-state index in [0.717, 1.165) is 25.7 Å². The van der Waals surface area contributed by atoms with Gasteiger partial charge in [-0.05, 0) is 25.7 Å². The van der Waals surface area contributed by atoms with E-state index in [1.807, 2.05) is 12.2 Å². The number of hydrogen-bond acceptors (Lipinski definition) is 5. The van der Waals surface area contributed by atoms with Gasteiger partial charge in [-0.1, -0.05) is 38.3 Å². The molecule has 1 aliphatic rings. The Balaban J connectivity index is 2.36. The fourth-order valence-electron chi connectivity index (χ4n) is 3.26. The molecular weight excluding hydrogens is 340 g/mol. The normalized spacial score (nSPS) is 27.8. The maximum absolute atomic E-state index is 10.5. The number of hydrogen-bond donors (Lipinski definition) is 4. The van der Waals surface area contributed by atoms with E-state index in [1.54, 1.807) is 11.8 Å². The molecule has 25 heavy (non-hydrogen) atoms. The first kappa shape index (κ1) is 22.5. The molecular formula is C19H34O5S. The molecule has 1 saturated carbocycles. The van der Waals surface area contributed by atoms with E-state index >= 15 is 0 Å². The quantitative estimate of drug-likeness (QED) is 0.292. The van der Waals surface area contributed by atoms with Gasteiger partial charge >= 0.3 is 5.97 Å². The fourth-order valence-corrected chi connectivity index (χ4v) is 4.75. The smallest absolute Gasteiger partial charge is 0.303 e. The lowest BCUT2D eigenvalue weighted by Crippen LogP contribution is -2.26. The molecule has 0 amide bonds. The van der Waals surface area contributed by atoms with E-state index in [0.29, 0.717) is 31.4 Å². The highest BCUT2D eigenvalue weighted by molar-refractivity contribution is 8.00. The minimum absolute atomic E-state index is 0.0152. The third-order valence-electron chi connectivity index (χ3n) is 4.74. The molecule has 1 rings (SSSR count). The first-order valence-corrected chi connectivity index (χ1v) is 10.5. The van der Waals surface area contributed by atoms with Crippen LogP contribution in [-0.4, -0.2) is 55.7 Å². The Morgan fingerprint density at radius 2 is 1.96 bits per heavy atom. The Morgan fingerprint density at radius 3 is 2.64 bits per heavy atom. The van der Waals surface area contributed by atoms with Crippen LogP contribution < -0.4 is 0 Å². The van der Waals surface area contributed by atoms with Crippen molar-refractivity contribution in [1.29, 1.82) is 0 Å². The molecule has 6 heteroatoms. The van der Waals surface area contributed by atoms with E-state index in [1.165, 1.54) is 0 Å². The number of aliphatic hydroxyl groups is 3. The summed E-state index contributed by atoms with van der Waals surface area (Å²) >= 11 is 1.57. The molecule has 0 aromatic rings. The van der Waals surface area contributed by atoms with Crippen LogP contribution in [0, 0.1) is 5.92 Å². The van der Waals surface area contributed by atoms with Gasteiger partial charge in [0.05, 0.1) is 18.3 Å². The molecule has 0 heterocycles. The predicted octanol–water partition coefficient (Wildman–Crippen LogP) is 2.97. The van der Waals surface area contributed by atoms with E-state index in [9.17, 15) is 20.1 Å². The number of aliphatic hydroxyl groups excluding tert-OH is 3. The van der Waals surface area contributed by atoms with Gasteiger partial charge in [0, 0.05) is 29.8 Å². The zero-order valence-corrected chi connectivity index (χ0v) is 16.0. The summed E-state index contributed by atoms with van der Waals surface area (Å²) in [6, 6.07) is 0. The third-order valence-corrected chi connectivity index (χ3v) is 6.36. The number of carboxylic acid groups (broad SMARTS) is 1. The van der Waals surface area contributed by atoms with Crippen LogP contribution in [0.5, 0.6) is 0 Å². The largest absolute Gasteiger partial charge is 0.481 e. The molecule has 0 bridgehead atoms. The second-order valence-electron chi connectivity index (χ2n) is 6.97. The molecule has 0 aliphatic heterocycles. The molecule has 146 valence electrons. The Labute approximate surface area is 155 Å². The Morgan fingerprint density at radius 1 is 1.20 bits per heavy atom. The number of rotatable bonds is 13. The van der Waals surface area contributed by atoms with Crippen LogP contribution >= 0.6 is 11.8 Å².